The molecule has 0 saturated heterocycles. The molecule has 0 bridgehead atoms. The van der Waals surface area contributed by atoms with Gasteiger partial charge in [-0.05, 0) is 24.3 Å². The third kappa shape index (κ3) is 2.83. The van der Waals surface area contributed by atoms with E-state index in [2.05, 4.69) is 0 Å². The highest BCUT2D eigenvalue weighted by atomic mass is 35.5. The van der Waals surface area contributed by atoms with Crippen LogP contribution in [0.15, 0.2) is 30.3 Å². The van der Waals surface area contributed by atoms with Crippen LogP contribution in [0.5, 0.6) is 11.5 Å². The third-order valence-corrected chi connectivity index (χ3v) is 3.20. The normalized spacial score (nSPS) is 10.3. The summed E-state index contributed by atoms with van der Waals surface area (Å²) in [6.45, 7) is 0. The summed E-state index contributed by atoms with van der Waals surface area (Å²) < 4.78 is 37.5. The molecule has 0 radical (unpaired) electrons. The van der Waals surface area contributed by atoms with Gasteiger partial charge in [0, 0.05) is 0 Å². The van der Waals surface area contributed by atoms with Gasteiger partial charge in [-0.2, -0.15) is 0 Å². The second kappa shape index (κ2) is 6.10. The van der Waals surface area contributed by atoms with Crippen molar-refractivity contribution < 1.29 is 23.0 Å². The molecule has 2 aromatic carbocycles. The number of ether oxygens (including phenoxy) is 2. The first-order chi connectivity index (χ1) is 9.99. The number of rotatable bonds is 4. The van der Waals surface area contributed by atoms with Gasteiger partial charge in [0.25, 0.3) is 0 Å². The van der Waals surface area contributed by atoms with E-state index in [0.29, 0.717) is 0 Å². The first-order valence-corrected chi connectivity index (χ1v) is 6.27. The number of halogens is 3. The lowest BCUT2D eigenvalue weighted by molar-refractivity contribution is 0.102. The van der Waals surface area contributed by atoms with Crippen LogP contribution in [0, 0.1) is 11.6 Å². The molecule has 0 aliphatic heterocycles. The van der Waals surface area contributed by atoms with E-state index in [1.54, 1.807) is 6.07 Å². The maximum atomic E-state index is 13.9. The smallest absolute Gasteiger partial charge is 0.203 e. The first-order valence-electron chi connectivity index (χ1n) is 5.89. The zero-order chi connectivity index (χ0) is 15.6. The minimum Gasteiger partial charge on any atom is -0.496 e. The van der Waals surface area contributed by atoms with Crippen molar-refractivity contribution in [2.45, 2.75) is 0 Å². The highest BCUT2D eigenvalue weighted by Gasteiger charge is 2.23. The fourth-order valence-corrected chi connectivity index (χ4v) is 2.06. The summed E-state index contributed by atoms with van der Waals surface area (Å²) in [6, 6.07) is 6.19. The van der Waals surface area contributed by atoms with Crippen LogP contribution in [0.25, 0.3) is 0 Å². The summed E-state index contributed by atoms with van der Waals surface area (Å²) in [5, 5.41) is -0.393. The van der Waals surface area contributed by atoms with Crippen LogP contribution >= 0.6 is 11.6 Å². The van der Waals surface area contributed by atoms with E-state index in [-0.39, 0.29) is 17.1 Å². The minimum atomic E-state index is -0.917. The zero-order valence-corrected chi connectivity index (χ0v) is 12.0. The van der Waals surface area contributed by atoms with Crippen LogP contribution in [0.2, 0.25) is 5.02 Å². The van der Waals surface area contributed by atoms with E-state index < -0.39 is 28.0 Å². The summed E-state index contributed by atoms with van der Waals surface area (Å²) in [7, 11) is 2.73. The zero-order valence-electron chi connectivity index (χ0n) is 11.2. The summed E-state index contributed by atoms with van der Waals surface area (Å²) in [4.78, 5) is 12.5. The van der Waals surface area contributed by atoms with E-state index in [1.165, 1.54) is 26.4 Å². The number of hydrogen-bond donors (Lipinski definition) is 0. The standard InChI is InChI=1S/C15H11ClF2O3/c1-20-12-4-3-5-13(21-2)14(12)15(19)8-6-11(18)9(16)7-10(8)17/h3-7H,1-2H3. The Hall–Kier alpha value is -2.14. The van der Waals surface area contributed by atoms with Crippen molar-refractivity contribution in [2.75, 3.05) is 14.2 Å². The quantitative estimate of drug-likeness (QED) is 0.635. The van der Waals surface area contributed by atoms with Crippen molar-refractivity contribution in [2.24, 2.45) is 0 Å². The Morgan fingerprint density at radius 2 is 1.62 bits per heavy atom. The molecule has 21 heavy (non-hydrogen) atoms. The lowest BCUT2D eigenvalue weighted by Gasteiger charge is -2.12. The minimum absolute atomic E-state index is 0.0168. The fraction of sp³-hybridized carbons (Fsp3) is 0.133. The first kappa shape index (κ1) is 15.3. The number of ketones is 1. The molecule has 0 heterocycles. The number of carbonyl (C=O) groups is 1. The summed E-state index contributed by atoms with van der Waals surface area (Å²) in [6.07, 6.45) is 0. The SMILES string of the molecule is COc1cccc(OC)c1C(=O)c1cc(F)c(Cl)cc1F. The van der Waals surface area contributed by atoms with Gasteiger partial charge in [-0.1, -0.05) is 17.7 Å². The number of methoxy groups -OCH3 is 2. The second-order valence-electron chi connectivity index (χ2n) is 4.11. The molecule has 0 spiro atoms. The third-order valence-electron chi connectivity index (χ3n) is 2.91. The Labute approximate surface area is 125 Å². The molecular formula is C15H11ClF2O3. The molecule has 110 valence electrons. The fourth-order valence-electron chi connectivity index (χ4n) is 1.91. The molecule has 0 N–H and O–H groups in total. The number of carbonyl (C=O) groups excluding carboxylic acids is 1. The Bertz CT molecular complexity index is 679. The monoisotopic (exact) mass is 312 g/mol. The van der Waals surface area contributed by atoms with Gasteiger partial charge in [-0.3, -0.25) is 4.79 Å². The van der Waals surface area contributed by atoms with Crippen molar-refractivity contribution in [3.05, 3.63) is 58.1 Å². The Morgan fingerprint density at radius 1 is 1.05 bits per heavy atom. The van der Waals surface area contributed by atoms with Crippen LogP contribution in [-0.2, 0) is 0 Å². The molecule has 6 heteroatoms. The van der Waals surface area contributed by atoms with Gasteiger partial charge in [-0.15, -0.1) is 0 Å². The average molecular weight is 313 g/mol. The van der Waals surface area contributed by atoms with Crippen molar-refractivity contribution in [3.63, 3.8) is 0 Å². The molecule has 2 aromatic rings. The molecule has 0 aliphatic carbocycles. The van der Waals surface area contributed by atoms with E-state index >= 15 is 0 Å². The summed E-state index contributed by atoms with van der Waals surface area (Å²) in [5.41, 5.74) is -0.428. The maximum Gasteiger partial charge on any atom is 0.203 e. The topological polar surface area (TPSA) is 35.5 Å². The van der Waals surface area contributed by atoms with Crippen molar-refractivity contribution in [3.8, 4) is 11.5 Å². The van der Waals surface area contributed by atoms with Crippen LogP contribution in [-0.4, -0.2) is 20.0 Å². The molecule has 0 amide bonds. The number of benzene rings is 2. The Morgan fingerprint density at radius 3 is 2.14 bits per heavy atom. The van der Waals surface area contributed by atoms with Crippen molar-refractivity contribution in [1.29, 1.82) is 0 Å². The van der Waals surface area contributed by atoms with Crippen LogP contribution in [0.1, 0.15) is 15.9 Å². The Balaban J connectivity index is 2.63. The van der Waals surface area contributed by atoms with Gasteiger partial charge >= 0.3 is 0 Å². The average Bonchev–Trinajstić information content (AvgIpc) is 2.49. The molecule has 0 fully saturated rings. The van der Waals surface area contributed by atoms with Gasteiger partial charge in [0.05, 0.1) is 24.8 Å². The Kier molecular flexibility index (Phi) is 4.43. The van der Waals surface area contributed by atoms with E-state index in [4.69, 9.17) is 21.1 Å². The molecule has 0 unspecified atom stereocenters. The molecule has 2 rings (SSSR count). The van der Waals surface area contributed by atoms with Gasteiger partial charge in [-0.25, -0.2) is 8.78 Å². The lowest BCUT2D eigenvalue weighted by Crippen LogP contribution is -2.09. The molecule has 0 aromatic heterocycles. The highest BCUT2D eigenvalue weighted by molar-refractivity contribution is 6.31. The predicted octanol–water partition coefficient (Wildman–Crippen LogP) is 3.87. The molecule has 0 aliphatic rings. The highest BCUT2D eigenvalue weighted by Crippen LogP contribution is 2.32. The predicted molar refractivity (Wildman–Crippen MR) is 74.3 cm³/mol. The van der Waals surface area contributed by atoms with Gasteiger partial charge < -0.3 is 9.47 Å². The molecular weight excluding hydrogens is 302 g/mol. The van der Waals surface area contributed by atoms with Crippen molar-refractivity contribution >= 4 is 17.4 Å². The summed E-state index contributed by atoms with van der Waals surface area (Å²) >= 11 is 5.48. The summed E-state index contributed by atoms with van der Waals surface area (Å²) in [5.74, 6) is -2.14. The van der Waals surface area contributed by atoms with Gasteiger partial charge in [0.2, 0.25) is 5.78 Å². The molecule has 0 saturated carbocycles. The lowest BCUT2D eigenvalue weighted by atomic mass is 10.0. The largest absolute Gasteiger partial charge is 0.496 e. The second-order valence-corrected chi connectivity index (χ2v) is 4.52. The molecule has 0 atom stereocenters. The van der Waals surface area contributed by atoms with Crippen molar-refractivity contribution in [1.82, 2.24) is 0 Å². The maximum absolute atomic E-state index is 13.9. The van der Waals surface area contributed by atoms with Gasteiger partial charge in [0.1, 0.15) is 28.7 Å². The van der Waals surface area contributed by atoms with E-state index in [1.807, 2.05) is 0 Å². The number of hydrogen-bond acceptors (Lipinski definition) is 3. The molecule has 3 nitrogen and oxygen atoms in total. The van der Waals surface area contributed by atoms with E-state index in [0.717, 1.165) is 12.1 Å². The van der Waals surface area contributed by atoms with Crippen LogP contribution in [0.4, 0.5) is 8.78 Å². The van der Waals surface area contributed by atoms with Gasteiger partial charge in [0.15, 0.2) is 0 Å². The van der Waals surface area contributed by atoms with Crippen LogP contribution < -0.4 is 9.47 Å². The van der Waals surface area contributed by atoms with E-state index in [9.17, 15) is 13.6 Å². The van der Waals surface area contributed by atoms with Crippen LogP contribution in [0.3, 0.4) is 0 Å².